The van der Waals surface area contributed by atoms with E-state index in [4.69, 9.17) is 4.74 Å². The molecule has 6 heteroatoms. The first-order valence-corrected chi connectivity index (χ1v) is 12.2. The first kappa shape index (κ1) is 24.3. The van der Waals surface area contributed by atoms with Crippen molar-refractivity contribution in [2.24, 2.45) is 0 Å². The second-order valence-corrected chi connectivity index (χ2v) is 9.07. The molecule has 186 valence electrons. The van der Waals surface area contributed by atoms with E-state index >= 15 is 4.39 Å². The van der Waals surface area contributed by atoms with Gasteiger partial charge in [0.05, 0.1) is 24.2 Å². The summed E-state index contributed by atoms with van der Waals surface area (Å²) in [6.07, 6.45) is -1.07. The van der Waals surface area contributed by atoms with Crippen LogP contribution in [0.3, 0.4) is 0 Å². The van der Waals surface area contributed by atoms with Gasteiger partial charge in [-0.05, 0) is 28.8 Å². The normalized spacial score (nSPS) is 15.4. The lowest BCUT2D eigenvalue weighted by molar-refractivity contribution is -0.119. The Kier molecular flexibility index (Phi) is 6.73. The third kappa shape index (κ3) is 4.58. The summed E-state index contributed by atoms with van der Waals surface area (Å²) in [5.41, 5.74) is 2.73. The van der Waals surface area contributed by atoms with Gasteiger partial charge in [0.1, 0.15) is 11.9 Å². The average molecular weight is 495 g/mol. The van der Waals surface area contributed by atoms with Crippen LogP contribution in [0.4, 0.5) is 14.9 Å². The molecule has 1 atom stereocenters. The number of anilines is 1. The zero-order chi connectivity index (χ0) is 25.8. The second-order valence-electron chi connectivity index (χ2n) is 9.07. The SMILES string of the molecule is CC(=O)NCC1CN(c2ccc(C(c3ccccc3)(c3ccccc3)c3ccccc3)c(F)c2)C(=O)O1. The summed E-state index contributed by atoms with van der Waals surface area (Å²) in [4.78, 5) is 25.2. The lowest BCUT2D eigenvalue weighted by Gasteiger charge is -2.37. The summed E-state index contributed by atoms with van der Waals surface area (Å²) in [6, 6.07) is 34.5. The number of benzene rings is 4. The highest BCUT2D eigenvalue weighted by Crippen LogP contribution is 2.46. The number of nitrogens with one attached hydrogen (secondary N) is 1. The molecule has 1 fully saturated rings. The van der Waals surface area contributed by atoms with Crippen molar-refractivity contribution in [1.82, 2.24) is 5.32 Å². The molecule has 1 heterocycles. The Morgan fingerprint density at radius 3 is 1.86 bits per heavy atom. The Morgan fingerprint density at radius 2 is 1.41 bits per heavy atom. The van der Waals surface area contributed by atoms with E-state index in [9.17, 15) is 9.59 Å². The maximum absolute atomic E-state index is 16.3. The molecule has 1 unspecified atom stereocenters. The van der Waals surface area contributed by atoms with E-state index in [0.717, 1.165) is 16.7 Å². The van der Waals surface area contributed by atoms with Crippen molar-refractivity contribution in [3.05, 3.63) is 137 Å². The minimum absolute atomic E-state index is 0.205. The summed E-state index contributed by atoms with van der Waals surface area (Å²) in [5.74, 6) is -0.642. The van der Waals surface area contributed by atoms with E-state index in [1.54, 1.807) is 12.1 Å². The number of amides is 2. The van der Waals surface area contributed by atoms with Gasteiger partial charge in [0, 0.05) is 12.5 Å². The fourth-order valence-electron chi connectivity index (χ4n) is 5.10. The molecule has 0 aromatic heterocycles. The minimum atomic E-state index is -0.925. The fourth-order valence-corrected chi connectivity index (χ4v) is 5.10. The van der Waals surface area contributed by atoms with Crippen molar-refractivity contribution >= 4 is 17.7 Å². The van der Waals surface area contributed by atoms with E-state index in [1.807, 2.05) is 91.0 Å². The average Bonchev–Trinajstić information content (AvgIpc) is 3.31. The molecule has 0 spiro atoms. The van der Waals surface area contributed by atoms with Gasteiger partial charge in [0.2, 0.25) is 5.91 Å². The minimum Gasteiger partial charge on any atom is -0.442 e. The number of nitrogens with zero attached hydrogens (tertiary/aromatic N) is 1. The van der Waals surface area contributed by atoms with Gasteiger partial charge in [-0.15, -0.1) is 0 Å². The number of halogens is 1. The molecule has 4 aromatic carbocycles. The van der Waals surface area contributed by atoms with Crippen LogP contribution >= 0.6 is 0 Å². The van der Waals surface area contributed by atoms with Crippen molar-refractivity contribution in [3.8, 4) is 0 Å². The molecule has 2 amide bonds. The smallest absolute Gasteiger partial charge is 0.414 e. The quantitative estimate of drug-likeness (QED) is 0.337. The Hall–Kier alpha value is -4.45. The maximum Gasteiger partial charge on any atom is 0.414 e. The van der Waals surface area contributed by atoms with Gasteiger partial charge < -0.3 is 10.1 Å². The molecule has 1 saturated heterocycles. The van der Waals surface area contributed by atoms with Crippen molar-refractivity contribution in [2.45, 2.75) is 18.4 Å². The number of carbonyl (C=O) groups is 2. The highest BCUT2D eigenvalue weighted by molar-refractivity contribution is 5.90. The van der Waals surface area contributed by atoms with Crippen molar-refractivity contribution in [1.29, 1.82) is 0 Å². The van der Waals surface area contributed by atoms with Gasteiger partial charge in [-0.1, -0.05) is 97.1 Å². The van der Waals surface area contributed by atoms with Gasteiger partial charge in [-0.2, -0.15) is 0 Å². The number of carbonyl (C=O) groups excluding carboxylic acids is 2. The van der Waals surface area contributed by atoms with E-state index in [0.29, 0.717) is 11.3 Å². The number of ether oxygens (including phenoxy) is 1. The lowest BCUT2D eigenvalue weighted by Crippen LogP contribution is -2.33. The lowest BCUT2D eigenvalue weighted by atomic mass is 9.65. The highest BCUT2D eigenvalue weighted by Gasteiger charge is 2.41. The summed E-state index contributed by atoms with van der Waals surface area (Å²) < 4.78 is 21.7. The predicted octanol–water partition coefficient (Wildman–Crippen LogP) is 5.67. The van der Waals surface area contributed by atoms with E-state index in [-0.39, 0.29) is 19.0 Å². The van der Waals surface area contributed by atoms with Gasteiger partial charge in [0.15, 0.2) is 0 Å². The number of hydrogen-bond acceptors (Lipinski definition) is 3. The molecule has 1 N–H and O–H groups in total. The van der Waals surface area contributed by atoms with Crippen LogP contribution in [0.2, 0.25) is 0 Å². The molecule has 5 rings (SSSR count). The summed E-state index contributed by atoms with van der Waals surface area (Å²) >= 11 is 0. The molecule has 0 radical (unpaired) electrons. The highest BCUT2D eigenvalue weighted by atomic mass is 19.1. The zero-order valence-corrected chi connectivity index (χ0v) is 20.4. The van der Waals surface area contributed by atoms with Crippen LogP contribution in [0.15, 0.2) is 109 Å². The largest absolute Gasteiger partial charge is 0.442 e. The van der Waals surface area contributed by atoms with Gasteiger partial charge in [0.25, 0.3) is 0 Å². The Morgan fingerprint density at radius 1 is 0.892 bits per heavy atom. The van der Waals surface area contributed by atoms with Crippen LogP contribution in [-0.4, -0.2) is 31.2 Å². The zero-order valence-electron chi connectivity index (χ0n) is 20.4. The molecule has 37 heavy (non-hydrogen) atoms. The second kappa shape index (κ2) is 10.3. The molecule has 1 aliphatic heterocycles. The summed E-state index contributed by atoms with van der Waals surface area (Å²) in [5, 5.41) is 2.66. The molecule has 0 bridgehead atoms. The monoisotopic (exact) mass is 494 g/mol. The molecular formula is C31H27FN2O3. The van der Waals surface area contributed by atoms with Crippen LogP contribution in [0.25, 0.3) is 0 Å². The van der Waals surface area contributed by atoms with Gasteiger partial charge >= 0.3 is 6.09 Å². The van der Waals surface area contributed by atoms with E-state index in [1.165, 1.54) is 17.9 Å². The first-order valence-electron chi connectivity index (χ1n) is 12.2. The van der Waals surface area contributed by atoms with Gasteiger partial charge in [-0.25, -0.2) is 9.18 Å². The van der Waals surface area contributed by atoms with Crippen molar-refractivity contribution < 1.29 is 18.7 Å². The number of rotatable bonds is 7. The Bertz CT molecular complexity index is 1300. The van der Waals surface area contributed by atoms with Crippen LogP contribution in [0, 0.1) is 5.82 Å². The number of cyclic esters (lactones) is 1. The predicted molar refractivity (Wildman–Crippen MR) is 141 cm³/mol. The summed E-state index contributed by atoms with van der Waals surface area (Å²) in [6.45, 7) is 1.83. The Labute approximate surface area is 215 Å². The summed E-state index contributed by atoms with van der Waals surface area (Å²) in [7, 11) is 0. The van der Waals surface area contributed by atoms with Crippen LogP contribution in [-0.2, 0) is 14.9 Å². The first-order chi connectivity index (χ1) is 18.0. The molecule has 5 nitrogen and oxygen atoms in total. The molecular weight excluding hydrogens is 467 g/mol. The van der Waals surface area contributed by atoms with Gasteiger partial charge in [-0.3, -0.25) is 9.69 Å². The molecule has 0 saturated carbocycles. The van der Waals surface area contributed by atoms with Crippen molar-refractivity contribution in [3.63, 3.8) is 0 Å². The van der Waals surface area contributed by atoms with E-state index < -0.39 is 23.4 Å². The Balaban J connectivity index is 1.63. The molecule has 0 aliphatic carbocycles. The maximum atomic E-state index is 16.3. The standard InChI is InChI=1S/C31H27FN2O3/c1-22(35)33-20-27-21-34(30(36)37-27)26-17-18-28(29(32)19-26)31(23-11-5-2-6-12-23,24-13-7-3-8-14-24)25-15-9-4-10-16-25/h2-19,27H,20-21H2,1H3,(H,33,35). The van der Waals surface area contributed by atoms with Crippen LogP contribution in [0.5, 0.6) is 0 Å². The van der Waals surface area contributed by atoms with Crippen molar-refractivity contribution in [2.75, 3.05) is 18.0 Å². The fraction of sp³-hybridized carbons (Fsp3) is 0.161. The third-order valence-electron chi connectivity index (χ3n) is 6.74. The topological polar surface area (TPSA) is 58.6 Å². The van der Waals surface area contributed by atoms with Crippen LogP contribution in [0.1, 0.15) is 29.2 Å². The van der Waals surface area contributed by atoms with Crippen LogP contribution < -0.4 is 10.2 Å². The van der Waals surface area contributed by atoms with E-state index in [2.05, 4.69) is 5.32 Å². The third-order valence-corrected chi connectivity index (χ3v) is 6.74. The molecule has 1 aliphatic rings. The number of hydrogen-bond donors (Lipinski definition) is 1. The molecule has 4 aromatic rings.